The number of aromatic amines is 1. The second-order valence-electron chi connectivity index (χ2n) is 4.86. The molecule has 2 N–H and O–H groups in total. The van der Waals surface area contributed by atoms with Gasteiger partial charge >= 0.3 is 6.18 Å². The molecule has 0 aliphatic rings. The minimum atomic E-state index is -4.93. The van der Waals surface area contributed by atoms with Crippen LogP contribution < -0.4 is 0 Å². The van der Waals surface area contributed by atoms with Gasteiger partial charge in [0.15, 0.2) is 5.82 Å². The molecule has 9 heteroatoms. The van der Waals surface area contributed by atoms with Crippen LogP contribution in [-0.2, 0) is 12.0 Å². The lowest BCUT2D eigenvalue weighted by atomic mass is 10.0. The van der Waals surface area contributed by atoms with Gasteiger partial charge in [0, 0.05) is 36.9 Å². The van der Waals surface area contributed by atoms with Crippen LogP contribution >= 0.6 is 11.3 Å². The largest absolute Gasteiger partial charge is 0.429 e. The zero-order valence-corrected chi connectivity index (χ0v) is 12.4. The van der Waals surface area contributed by atoms with Gasteiger partial charge in [0.25, 0.3) is 5.60 Å². The molecule has 5 nitrogen and oxygen atoms in total. The van der Waals surface area contributed by atoms with Crippen molar-refractivity contribution in [3.05, 3.63) is 64.4 Å². The summed E-state index contributed by atoms with van der Waals surface area (Å²) in [4.78, 5) is 13.5. The Labute approximate surface area is 132 Å². The first-order chi connectivity index (χ1) is 10.9. The zero-order chi connectivity index (χ0) is 16.5. The van der Waals surface area contributed by atoms with E-state index in [0.717, 1.165) is 11.8 Å². The number of nitrogens with zero attached hydrogens (tertiary/aromatic N) is 3. The van der Waals surface area contributed by atoms with Gasteiger partial charge in [0.1, 0.15) is 0 Å². The molecule has 1 atom stereocenters. The minimum absolute atomic E-state index is 0.338. The van der Waals surface area contributed by atoms with Crippen LogP contribution in [0.2, 0.25) is 0 Å². The highest BCUT2D eigenvalue weighted by atomic mass is 32.1. The number of thiazole rings is 1. The number of hydrogen-bond acceptors (Lipinski definition) is 5. The van der Waals surface area contributed by atoms with Crippen LogP contribution in [0.15, 0.2) is 42.4 Å². The molecule has 0 saturated heterocycles. The second kappa shape index (κ2) is 5.74. The topological polar surface area (TPSA) is 74.7 Å². The minimum Gasteiger partial charge on any atom is -0.369 e. The van der Waals surface area contributed by atoms with Crippen LogP contribution in [0.25, 0.3) is 0 Å². The fraction of sp³-hybridized carbons (Fsp3) is 0.214. The summed E-state index contributed by atoms with van der Waals surface area (Å²) in [5.74, 6) is -0.571. The number of aliphatic hydroxyl groups is 1. The SMILES string of the molecule is O[C@](c1ncc(Cc2ccncc2)[nH]1)(c1cncs1)C(F)(F)F. The van der Waals surface area contributed by atoms with E-state index in [0.29, 0.717) is 23.5 Å². The molecule has 3 aromatic rings. The molecule has 0 saturated carbocycles. The molecular formula is C14H11F3N4OS. The Bertz CT molecular complexity index is 773. The number of hydrogen-bond donors (Lipinski definition) is 2. The maximum atomic E-state index is 13.5. The fourth-order valence-electron chi connectivity index (χ4n) is 2.14. The van der Waals surface area contributed by atoms with E-state index in [-0.39, 0.29) is 4.88 Å². The summed E-state index contributed by atoms with van der Waals surface area (Å²) in [6.45, 7) is 0. The fourth-order valence-corrected chi connectivity index (χ4v) is 2.88. The van der Waals surface area contributed by atoms with Crippen molar-refractivity contribution in [2.45, 2.75) is 18.2 Å². The van der Waals surface area contributed by atoms with Crippen LogP contribution in [0.1, 0.15) is 22.0 Å². The van der Waals surface area contributed by atoms with Gasteiger partial charge in [-0.05, 0) is 17.7 Å². The molecule has 23 heavy (non-hydrogen) atoms. The van der Waals surface area contributed by atoms with Gasteiger partial charge in [0.2, 0.25) is 0 Å². The highest BCUT2D eigenvalue weighted by molar-refractivity contribution is 7.09. The van der Waals surface area contributed by atoms with Crippen molar-refractivity contribution in [3.8, 4) is 0 Å². The van der Waals surface area contributed by atoms with Gasteiger partial charge in [-0.1, -0.05) is 0 Å². The molecule has 0 amide bonds. The maximum Gasteiger partial charge on any atom is 0.429 e. The molecule has 120 valence electrons. The number of H-pyrrole nitrogens is 1. The predicted molar refractivity (Wildman–Crippen MR) is 76.8 cm³/mol. The number of pyridine rings is 1. The molecule has 3 rings (SSSR count). The smallest absolute Gasteiger partial charge is 0.369 e. The van der Waals surface area contributed by atoms with Gasteiger partial charge in [-0.2, -0.15) is 13.2 Å². The first-order valence-electron chi connectivity index (χ1n) is 6.52. The Morgan fingerprint density at radius 2 is 1.87 bits per heavy atom. The van der Waals surface area contributed by atoms with E-state index in [9.17, 15) is 18.3 Å². The second-order valence-corrected chi connectivity index (χ2v) is 5.75. The number of nitrogens with one attached hydrogen (secondary N) is 1. The number of alkyl halides is 3. The Hall–Kier alpha value is -2.26. The van der Waals surface area contributed by atoms with Gasteiger partial charge < -0.3 is 10.1 Å². The molecule has 0 radical (unpaired) electrons. The normalized spacial score (nSPS) is 14.6. The summed E-state index contributed by atoms with van der Waals surface area (Å²) in [6.07, 6.45) is 0.889. The van der Waals surface area contributed by atoms with E-state index in [2.05, 4.69) is 19.9 Å². The molecule has 0 aliphatic heterocycles. The summed E-state index contributed by atoms with van der Waals surface area (Å²) >= 11 is 0.715. The summed E-state index contributed by atoms with van der Waals surface area (Å²) in [6, 6.07) is 3.50. The molecule has 0 spiro atoms. The van der Waals surface area contributed by atoms with Crippen LogP contribution in [0, 0.1) is 0 Å². The van der Waals surface area contributed by atoms with E-state index in [4.69, 9.17) is 0 Å². The molecule has 3 aromatic heterocycles. The van der Waals surface area contributed by atoms with Gasteiger partial charge in [-0.15, -0.1) is 11.3 Å². The predicted octanol–water partition coefficient (Wildman–Crippen LogP) is 2.65. The average molecular weight is 340 g/mol. The van der Waals surface area contributed by atoms with Crippen molar-refractivity contribution < 1.29 is 18.3 Å². The molecular weight excluding hydrogens is 329 g/mol. The third kappa shape index (κ3) is 2.84. The van der Waals surface area contributed by atoms with Crippen LogP contribution in [0.3, 0.4) is 0 Å². The Morgan fingerprint density at radius 3 is 2.48 bits per heavy atom. The maximum absolute atomic E-state index is 13.5. The standard InChI is InChI=1S/C14H11F3N4OS/c15-14(16,17)13(22,11-7-19-8-23-11)12-20-6-10(21-12)5-9-1-3-18-4-2-9/h1-4,6-8,22H,5H2,(H,20,21)/t13-/m0/s1. The number of halogens is 3. The van der Waals surface area contributed by atoms with E-state index in [1.54, 1.807) is 24.5 Å². The van der Waals surface area contributed by atoms with Crippen molar-refractivity contribution in [1.82, 2.24) is 19.9 Å². The van der Waals surface area contributed by atoms with Crippen LogP contribution in [0.4, 0.5) is 13.2 Å². The lowest BCUT2D eigenvalue weighted by Gasteiger charge is -2.27. The Morgan fingerprint density at radius 1 is 1.13 bits per heavy atom. The Kier molecular flexibility index (Phi) is 3.90. The average Bonchev–Trinajstić information content (AvgIpc) is 3.18. The molecule has 0 unspecified atom stereocenters. The molecule has 3 heterocycles. The van der Waals surface area contributed by atoms with E-state index >= 15 is 0 Å². The summed E-state index contributed by atoms with van der Waals surface area (Å²) in [5.41, 5.74) is -0.653. The van der Waals surface area contributed by atoms with Crippen molar-refractivity contribution in [3.63, 3.8) is 0 Å². The molecule has 0 aliphatic carbocycles. The summed E-state index contributed by atoms with van der Waals surface area (Å²) < 4.78 is 40.4. The van der Waals surface area contributed by atoms with Crippen LogP contribution in [-0.4, -0.2) is 31.2 Å². The number of rotatable bonds is 4. The van der Waals surface area contributed by atoms with Crippen molar-refractivity contribution in [2.24, 2.45) is 0 Å². The number of aromatic nitrogens is 4. The molecule has 0 aromatic carbocycles. The van der Waals surface area contributed by atoms with Gasteiger partial charge in [-0.25, -0.2) is 4.98 Å². The molecule has 0 fully saturated rings. The van der Waals surface area contributed by atoms with Gasteiger partial charge in [-0.3, -0.25) is 9.97 Å². The van der Waals surface area contributed by atoms with Gasteiger partial charge in [0.05, 0.1) is 10.4 Å². The van der Waals surface area contributed by atoms with E-state index in [1.807, 2.05) is 0 Å². The highest BCUT2D eigenvalue weighted by Gasteiger charge is 2.59. The first-order valence-corrected chi connectivity index (χ1v) is 7.40. The lowest BCUT2D eigenvalue weighted by Crippen LogP contribution is -2.43. The molecule has 0 bridgehead atoms. The quantitative estimate of drug-likeness (QED) is 0.766. The third-order valence-electron chi connectivity index (χ3n) is 3.31. The van der Waals surface area contributed by atoms with E-state index < -0.39 is 17.6 Å². The van der Waals surface area contributed by atoms with Crippen molar-refractivity contribution in [1.29, 1.82) is 0 Å². The third-order valence-corrected chi connectivity index (χ3v) is 4.20. The number of imidazole rings is 1. The van der Waals surface area contributed by atoms with Crippen molar-refractivity contribution >= 4 is 11.3 Å². The first kappa shape index (κ1) is 15.6. The van der Waals surface area contributed by atoms with Crippen molar-refractivity contribution in [2.75, 3.05) is 0 Å². The Balaban J connectivity index is 1.96. The lowest BCUT2D eigenvalue weighted by molar-refractivity contribution is -0.249. The zero-order valence-electron chi connectivity index (χ0n) is 11.6. The van der Waals surface area contributed by atoms with E-state index in [1.165, 1.54) is 11.7 Å². The highest BCUT2D eigenvalue weighted by Crippen LogP contribution is 2.44. The monoisotopic (exact) mass is 340 g/mol. The van der Waals surface area contributed by atoms with Crippen LogP contribution in [0.5, 0.6) is 0 Å². The summed E-state index contributed by atoms with van der Waals surface area (Å²) in [5, 5.41) is 10.3. The summed E-state index contributed by atoms with van der Waals surface area (Å²) in [7, 11) is 0.